The first kappa shape index (κ1) is 21.7. The van der Waals surface area contributed by atoms with Crippen LogP contribution in [0.4, 0.5) is 9.59 Å². The Hall–Kier alpha value is -2.32. The SMILES string of the molecule is COC(=O)C1(N(NC(=O)OC(C)(C)C)C(=O)OC(C)(C)C)CCCC1=O. The van der Waals surface area contributed by atoms with Crippen LogP contribution in [-0.4, -0.2) is 52.8 Å². The lowest BCUT2D eigenvalue weighted by atomic mass is 9.96. The van der Waals surface area contributed by atoms with Crippen molar-refractivity contribution in [2.75, 3.05) is 7.11 Å². The predicted octanol–water partition coefficient (Wildman–Crippen LogP) is 2.33. The van der Waals surface area contributed by atoms with Gasteiger partial charge >= 0.3 is 18.2 Å². The molecule has 2 amide bonds. The van der Waals surface area contributed by atoms with Crippen molar-refractivity contribution in [2.45, 2.75) is 77.5 Å². The molecule has 1 saturated carbocycles. The molecule has 1 fully saturated rings. The molecule has 1 atom stereocenters. The van der Waals surface area contributed by atoms with Crippen LogP contribution in [0.1, 0.15) is 60.8 Å². The fraction of sp³-hybridized carbons (Fsp3) is 0.765. The monoisotopic (exact) mass is 372 g/mol. The number of Topliss-reactive ketones (excluding diaryl/α,β-unsaturated/α-hetero) is 1. The Balaban J connectivity index is 3.29. The highest BCUT2D eigenvalue weighted by Crippen LogP contribution is 2.34. The molecule has 1 rings (SSSR count). The molecule has 0 aromatic carbocycles. The Bertz CT molecular complexity index is 589. The normalized spacial score (nSPS) is 20.3. The van der Waals surface area contributed by atoms with Crippen LogP contribution in [0.2, 0.25) is 0 Å². The van der Waals surface area contributed by atoms with Gasteiger partial charge in [0.25, 0.3) is 0 Å². The van der Waals surface area contributed by atoms with Crippen LogP contribution in [0.15, 0.2) is 0 Å². The van der Waals surface area contributed by atoms with Gasteiger partial charge in [-0.15, -0.1) is 0 Å². The van der Waals surface area contributed by atoms with Gasteiger partial charge in [-0.1, -0.05) is 0 Å². The largest absolute Gasteiger partial charge is 0.467 e. The van der Waals surface area contributed by atoms with E-state index in [1.54, 1.807) is 41.5 Å². The van der Waals surface area contributed by atoms with Crippen molar-refractivity contribution in [1.82, 2.24) is 10.4 Å². The Labute approximate surface area is 153 Å². The van der Waals surface area contributed by atoms with Gasteiger partial charge in [0.1, 0.15) is 11.2 Å². The molecule has 0 bridgehead atoms. The summed E-state index contributed by atoms with van der Waals surface area (Å²) in [6, 6.07) is 0. The summed E-state index contributed by atoms with van der Waals surface area (Å²) in [5, 5.41) is 0.605. The van der Waals surface area contributed by atoms with E-state index in [0.29, 0.717) is 11.4 Å². The molecule has 9 heteroatoms. The van der Waals surface area contributed by atoms with E-state index in [9.17, 15) is 19.2 Å². The first-order chi connectivity index (χ1) is 11.7. The maximum absolute atomic E-state index is 12.7. The Kier molecular flexibility index (Phi) is 6.27. The number of hydrogen-bond acceptors (Lipinski definition) is 7. The first-order valence-electron chi connectivity index (χ1n) is 8.37. The fourth-order valence-electron chi connectivity index (χ4n) is 2.56. The molecule has 0 aromatic rings. The number of ether oxygens (including phenoxy) is 3. The van der Waals surface area contributed by atoms with Crippen LogP contribution in [-0.2, 0) is 23.8 Å². The maximum Gasteiger partial charge on any atom is 0.430 e. The molecule has 1 unspecified atom stereocenters. The van der Waals surface area contributed by atoms with Crippen molar-refractivity contribution in [3.05, 3.63) is 0 Å². The van der Waals surface area contributed by atoms with E-state index in [4.69, 9.17) is 14.2 Å². The number of hydrogen-bond donors (Lipinski definition) is 1. The molecule has 0 aliphatic heterocycles. The maximum atomic E-state index is 12.7. The van der Waals surface area contributed by atoms with Crippen molar-refractivity contribution in [3.63, 3.8) is 0 Å². The molecule has 0 saturated heterocycles. The minimum Gasteiger partial charge on any atom is -0.467 e. The van der Waals surface area contributed by atoms with Gasteiger partial charge in [-0.3, -0.25) is 4.79 Å². The third-order valence-electron chi connectivity index (χ3n) is 3.49. The average Bonchev–Trinajstić information content (AvgIpc) is 2.82. The van der Waals surface area contributed by atoms with Gasteiger partial charge in [0.2, 0.25) is 5.54 Å². The summed E-state index contributed by atoms with van der Waals surface area (Å²) in [7, 11) is 1.11. The van der Waals surface area contributed by atoms with Crippen LogP contribution >= 0.6 is 0 Å². The average molecular weight is 372 g/mol. The smallest absolute Gasteiger partial charge is 0.430 e. The third kappa shape index (κ3) is 5.09. The highest BCUT2D eigenvalue weighted by atomic mass is 16.6. The van der Waals surface area contributed by atoms with Gasteiger partial charge in [-0.2, -0.15) is 5.01 Å². The summed E-state index contributed by atoms with van der Waals surface area (Å²) in [6.45, 7) is 9.79. The van der Waals surface area contributed by atoms with Crippen molar-refractivity contribution >= 4 is 23.9 Å². The van der Waals surface area contributed by atoms with Gasteiger partial charge in [-0.05, 0) is 54.4 Å². The van der Waals surface area contributed by atoms with E-state index >= 15 is 0 Å². The van der Waals surface area contributed by atoms with Crippen LogP contribution in [0.25, 0.3) is 0 Å². The Morgan fingerprint density at radius 3 is 1.96 bits per heavy atom. The second kappa shape index (κ2) is 7.51. The molecule has 1 N–H and O–H groups in total. The van der Waals surface area contributed by atoms with Crippen molar-refractivity contribution in [2.24, 2.45) is 0 Å². The second-order valence-electron chi connectivity index (χ2n) is 8.06. The number of nitrogens with one attached hydrogen (secondary N) is 1. The molecule has 9 nitrogen and oxygen atoms in total. The Morgan fingerprint density at radius 2 is 1.58 bits per heavy atom. The quantitative estimate of drug-likeness (QED) is 0.343. The lowest BCUT2D eigenvalue weighted by Crippen LogP contribution is -2.67. The van der Waals surface area contributed by atoms with Gasteiger partial charge in [0.05, 0.1) is 7.11 Å². The number of hydrazine groups is 1. The summed E-state index contributed by atoms with van der Waals surface area (Å²) in [5.74, 6) is -1.48. The number of nitrogens with zero attached hydrogens (tertiary/aromatic N) is 1. The van der Waals surface area contributed by atoms with E-state index in [-0.39, 0.29) is 12.8 Å². The molecule has 0 radical (unpaired) electrons. The number of amides is 2. The zero-order valence-corrected chi connectivity index (χ0v) is 16.4. The van der Waals surface area contributed by atoms with Gasteiger partial charge in [0.15, 0.2) is 5.78 Å². The van der Waals surface area contributed by atoms with E-state index in [1.165, 1.54) is 0 Å². The van der Waals surface area contributed by atoms with E-state index in [1.807, 2.05) is 0 Å². The number of carbonyl (C=O) groups is 4. The summed E-state index contributed by atoms with van der Waals surface area (Å²) in [4.78, 5) is 49.9. The van der Waals surface area contributed by atoms with Crippen LogP contribution in [0, 0.1) is 0 Å². The highest BCUT2D eigenvalue weighted by molar-refractivity contribution is 6.12. The minimum atomic E-state index is -1.98. The first-order valence-corrected chi connectivity index (χ1v) is 8.37. The van der Waals surface area contributed by atoms with Gasteiger partial charge in [0, 0.05) is 6.42 Å². The molecule has 0 spiro atoms. The molecular weight excluding hydrogens is 344 g/mol. The summed E-state index contributed by atoms with van der Waals surface area (Å²) < 4.78 is 15.2. The van der Waals surface area contributed by atoms with E-state index in [0.717, 1.165) is 7.11 Å². The lowest BCUT2D eigenvalue weighted by Gasteiger charge is -2.37. The molecule has 26 heavy (non-hydrogen) atoms. The fourth-order valence-corrected chi connectivity index (χ4v) is 2.56. The zero-order chi connectivity index (χ0) is 20.3. The van der Waals surface area contributed by atoms with E-state index < -0.39 is 40.7 Å². The van der Waals surface area contributed by atoms with Crippen LogP contribution in [0.5, 0.6) is 0 Å². The van der Waals surface area contributed by atoms with Crippen molar-refractivity contribution < 1.29 is 33.4 Å². The molecule has 1 aliphatic carbocycles. The number of rotatable bonds is 2. The van der Waals surface area contributed by atoms with Gasteiger partial charge in [-0.25, -0.2) is 19.8 Å². The van der Waals surface area contributed by atoms with Crippen molar-refractivity contribution in [3.8, 4) is 0 Å². The summed E-state index contributed by atoms with van der Waals surface area (Å²) in [6.07, 6.45) is -1.60. The minimum absolute atomic E-state index is 0.00749. The highest BCUT2D eigenvalue weighted by Gasteiger charge is 2.58. The molecule has 1 aliphatic rings. The van der Waals surface area contributed by atoms with Crippen LogP contribution < -0.4 is 5.43 Å². The van der Waals surface area contributed by atoms with E-state index in [2.05, 4.69) is 5.43 Å². The number of carbonyl (C=O) groups excluding carboxylic acids is 4. The third-order valence-corrected chi connectivity index (χ3v) is 3.49. The standard InChI is InChI=1S/C17H28N2O7/c1-15(2,3)25-13(22)18-19(14(23)26-16(4,5)6)17(12(21)24-7)10-8-9-11(17)20/h8-10H2,1-7H3,(H,18,22). The Morgan fingerprint density at radius 1 is 1.04 bits per heavy atom. The lowest BCUT2D eigenvalue weighted by molar-refractivity contribution is -0.161. The molecule has 0 aromatic heterocycles. The molecular formula is C17H28N2O7. The molecule has 148 valence electrons. The zero-order valence-electron chi connectivity index (χ0n) is 16.4. The summed E-state index contributed by atoms with van der Waals surface area (Å²) >= 11 is 0. The van der Waals surface area contributed by atoms with Gasteiger partial charge < -0.3 is 14.2 Å². The summed E-state index contributed by atoms with van der Waals surface area (Å²) in [5.41, 5.74) is -1.54. The number of ketones is 1. The second-order valence-corrected chi connectivity index (χ2v) is 8.06. The van der Waals surface area contributed by atoms with Crippen molar-refractivity contribution in [1.29, 1.82) is 0 Å². The molecule has 0 heterocycles. The van der Waals surface area contributed by atoms with Crippen LogP contribution in [0.3, 0.4) is 0 Å². The topological polar surface area (TPSA) is 111 Å². The predicted molar refractivity (Wildman–Crippen MR) is 91.0 cm³/mol. The number of esters is 1. The number of methoxy groups -OCH3 is 1.